The first-order valence-corrected chi connectivity index (χ1v) is 9.03. The Bertz CT molecular complexity index is 1110. The van der Waals surface area contributed by atoms with Crippen LogP contribution >= 0.6 is 11.6 Å². The van der Waals surface area contributed by atoms with Gasteiger partial charge < -0.3 is 15.2 Å². The smallest absolute Gasteiger partial charge is 0.254 e. The number of H-pyrrole nitrogens is 1. The highest BCUT2D eigenvalue weighted by Crippen LogP contribution is 2.33. The molecule has 0 saturated heterocycles. The van der Waals surface area contributed by atoms with Gasteiger partial charge in [-0.3, -0.25) is 9.59 Å². The minimum absolute atomic E-state index is 0.00861. The van der Waals surface area contributed by atoms with Crippen LogP contribution in [0.5, 0.6) is 0 Å². The largest absolute Gasteiger partial charge is 0.363 e. The summed E-state index contributed by atoms with van der Waals surface area (Å²) in [5, 5.41) is 4.59. The van der Waals surface area contributed by atoms with Crippen LogP contribution in [0.4, 0.5) is 11.5 Å². The second-order valence-electron chi connectivity index (χ2n) is 6.59. The number of nitrogens with one attached hydrogen (secondary N) is 2. The Hall–Kier alpha value is -2.93. The van der Waals surface area contributed by atoms with Gasteiger partial charge >= 0.3 is 0 Å². The summed E-state index contributed by atoms with van der Waals surface area (Å²) in [6.07, 6.45) is 3.90. The second kappa shape index (κ2) is 6.66. The Morgan fingerprint density at radius 2 is 2.19 bits per heavy atom. The van der Waals surface area contributed by atoms with Crippen LogP contribution in [0.2, 0.25) is 5.02 Å². The van der Waals surface area contributed by atoms with E-state index in [1.807, 2.05) is 13.0 Å². The Labute approximate surface area is 160 Å². The third-order valence-corrected chi connectivity index (χ3v) is 5.00. The standard InChI is InChI=1S/C19H18ClN5O2/c1-10(15-8-12-7-13(20)9-22-17(12)24-19(15)27)23-18-14-4-6-25(11(2)26)16(14)3-5-21-18/h3,5,7-10H,4,6H2,1-2H3,(H,21,23)(H,22,24,27)/t10-/m0/s1. The molecule has 138 valence electrons. The number of amides is 1. The molecule has 27 heavy (non-hydrogen) atoms. The third kappa shape index (κ3) is 3.14. The molecule has 0 radical (unpaired) electrons. The van der Waals surface area contributed by atoms with Gasteiger partial charge in [0.2, 0.25) is 5.91 Å². The average Bonchev–Trinajstić information content (AvgIpc) is 3.07. The predicted molar refractivity (Wildman–Crippen MR) is 105 cm³/mol. The van der Waals surface area contributed by atoms with E-state index in [2.05, 4.69) is 20.3 Å². The van der Waals surface area contributed by atoms with Crippen molar-refractivity contribution in [1.29, 1.82) is 0 Å². The lowest BCUT2D eigenvalue weighted by Crippen LogP contribution is -2.25. The van der Waals surface area contributed by atoms with Crippen LogP contribution in [0, 0.1) is 0 Å². The van der Waals surface area contributed by atoms with Crippen molar-refractivity contribution < 1.29 is 4.79 Å². The summed E-state index contributed by atoms with van der Waals surface area (Å²) in [5.41, 5.74) is 2.70. The van der Waals surface area contributed by atoms with Crippen molar-refractivity contribution in [3.63, 3.8) is 0 Å². The molecule has 1 amide bonds. The lowest BCUT2D eigenvalue weighted by atomic mass is 10.1. The summed E-state index contributed by atoms with van der Waals surface area (Å²) in [7, 11) is 0. The predicted octanol–water partition coefficient (Wildman–Crippen LogP) is 3.05. The Balaban J connectivity index is 1.69. The van der Waals surface area contributed by atoms with E-state index in [9.17, 15) is 9.59 Å². The number of halogens is 1. The normalized spacial score (nSPS) is 14.3. The Morgan fingerprint density at radius 3 is 2.96 bits per heavy atom. The Morgan fingerprint density at radius 1 is 1.37 bits per heavy atom. The number of pyridine rings is 3. The lowest BCUT2D eigenvalue weighted by Gasteiger charge is -2.18. The van der Waals surface area contributed by atoms with Gasteiger partial charge in [0, 0.05) is 42.4 Å². The summed E-state index contributed by atoms with van der Waals surface area (Å²) in [4.78, 5) is 37.4. The van der Waals surface area contributed by atoms with Gasteiger partial charge in [-0.2, -0.15) is 0 Å². The van der Waals surface area contributed by atoms with Gasteiger partial charge in [0.15, 0.2) is 0 Å². The van der Waals surface area contributed by atoms with Crippen LogP contribution in [0.1, 0.15) is 31.0 Å². The minimum Gasteiger partial charge on any atom is -0.363 e. The van der Waals surface area contributed by atoms with Crippen LogP contribution in [0.3, 0.4) is 0 Å². The van der Waals surface area contributed by atoms with Gasteiger partial charge in [0.1, 0.15) is 11.5 Å². The molecule has 1 aliphatic rings. The maximum absolute atomic E-state index is 12.5. The van der Waals surface area contributed by atoms with E-state index in [1.165, 1.54) is 6.20 Å². The van der Waals surface area contributed by atoms with E-state index in [0.29, 0.717) is 28.6 Å². The summed E-state index contributed by atoms with van der Waals surface area (Å²) < 4.78 is 0. The van der Waals surface area contributed by atoms with Crippen molar-refractivity contribution in [3.05, 3.63) is 57.1 Å². The molecular formula is C19H18ClN5O2. The van der Waals surface area contributed by atoms with E-state index in [4.69, 9.17) is 11.6 Å². The number of rotatable bonds is 3. The number of carbonyl (C=O) groups is 1. The molecule has 0 unspecified atom stereocenters. The second-order valence-corrected chi connectivity index (χ2v) is 7.03. The van der Waals surface area contributed by atoms with Gasteiger partial charge in [-0.05, 0) is 31.5 Å². The van der Waals surface area contributed by atoms with Gasteiger partial charge in [-0.15, -0.1) is 0 Å². The van der Waals surface area contributed by atoms with E-state index in [1.54, 1.807) is 30.2 Å². The van der Waals surface area contributed by atoms with Gasteiger partial charge in [0.05, 0.1) is 16.8 Å². The number of carbonyl (C=O) groups excluding carboxylic acids is 1. The summed E-state index contributed by atoms with van der Waals surface area (Å²) in [6.45, 7) is 4.09. The van der Waals surface area contributed by atoms with E-state index < -0.39 is 0 Å². The third-order valence-electron chi connectivity index (χ3n) is 4.80. The highest BCUT2D eigenvalue weighted by molar-refractivity contribution is 6.31. The maximum atomic E-state index is 12.5. The highest BCUT2D eigenvalue weighted by Gasteiger charge is 2.26. The molecule has 3 aromatic heterocycles. The number of hydrogen-bond acceptors (Lipinski definition) is 5. The molecule has 3 aromatic rings. The number of anilines is 2. The Kier molecular flexibility index (Phi) is 4.31. The molecule has 0 saturated carbocycles. The molecule has 0 bridgehead atoms. The van der Waals surface area contributed by atoms with Crippen LogP contribution in [-0.4, -0.2) is 27.4 Å². The van der Waals surface area contributed by atoms with E-state index in [0.717, 1.165) is 23.1 Å². The topological polar surface area (TPSA) is 91.0 Å². The van der Waals surface area contributed by atoms with Crippen molar-refractivity contribution >= 4 is 40.0 Å². The minimum atomic E-state index is -0.289. The number of fused-ring (bicyclic) bond motifs is 2. The molecule has 2 N–H and O–H groups in total. The van der Waals surface area contributed by atoms with Gasteiger partial charge in [0.25, 0.3) is 5.56 Å². The number of nitrogens with zero attached hydrogens (tertiary/aromatic N) is 3. The molecular weight excluding hydrogens is 366 g/mol. The lowest BCUT2D eigenvalue weighted by molar-refractivity contribution is -0.116. The molecule has 4 rings (SSSR count). The molecule has 0 aliphatic carbocycles. The number of aromatic amines is 1. The van der Waals surface area contributed by atoms with Gasteiger partial charge in [-0.25, -0.2) is 9.97 Å². The molecule has 1 aliphatic heterocycles. The number of aromatic nitrogens is 3. The fourth-order valence-corrected chi connectivity index (χ4v) is 3.63. The van der Waals surface area contributed by atoms with Crippen LogP contribution in [0.25, 0.3) is 11.0 Å². The SMILES string of the molecule is CC(=O)N1CCc2c1ccnc2N[C@@H](C)c1cc2cc(Cl)cnc2[nH]c1=O. The van der Waals surface area contributed by atoms with Crippen LogP contribution in [-0.2, 0) is 11.2 Å². The quantitative estimate of drug-likeness (QED) is 0.725. The van der Waals surface area contributed by atoms with Crippen molar-refractivity contribution in [1.82, 2.24) is 15.0 Å². The zero-order chi connectivity index (χ0) is 19.1. The van der Waals surface area contributed by atoms with Crippen molar-refractivity contribution in [2.45, 2.75) is 26.3 Å². The fourth-order valence-electron chi connectivity index (χ4n) is 3.46. The first-order chi connectivity index (χ1) is 12.9. The van der Waals surface area contributed by atoms with Crippen molar-refractivity contribution in [2.75, 3.05) is 16.8 Å². The summed E-state index contributed by atoms with van der Waals surface area (Å²) >= 11 is 6.01. The summed E-state index contributed by atoms with van der Waals surface area (Å²) in [5.74, 6) is 0.696. The zero-order valence-corrected chi connectivity index (χ0v) is 15.7. The van der Waals surface area contributed by atoms with Crippen LogP contribution in [0.15, 0.2) is 35.4 Å². The van der Waals surface area contributed by atoms with Crippen molar-refractivity contribution in [2.24, 2.45) is 0 Å². The molecule has 0 fully saturated rings. The maximum Gasteiger partial charge on any atom is 0.254 e. The van der Waals surface area contributed by atoms with Crippen LogP contribution < -0.4 is 15.8 Å². The first-order valence-electron chi connectivity index (χ1n) is 8.65. The highest BCUT2D eigenvalue weighted by atomic mass is 35.5. The first kappa shape index (κ1) is 17.5. The zero-order valence-electron chi connectivity index (χ0n) is 14.9. The molecule has 8 heteroatoms. The fraction of sp³-hybridized carbons (Fsp3) is 0.263. The van der Waals surface area contributed by atoms with Crippen molar-refractivity contribution in [3.8, 4) is 0 Å². The average molecular weight is 384 g/mol. The van der Waals surface area contributed by atoms with E-state index >= 15 is 0 Å². The molecule has 1 atom stereocenters. The molecule has 0 aromatic carbocycles. The molecule has 7 nitrogen and oxygen atoms in total. The summed E-state index contributed by atoms with van der Waals surface area (Å²) in [6, 6.07) is 5.10. The molecule has 0 spiro atoms. The van der Waals surface area contributed by atoms with E-state index in [-0.39, 0.29) is 17.5 Å². The monoisotopic (exact) mass is 383 g/mol. The van der Waals surface area contributed by atoms with Gasteiger partial charge in [-0.1, -0.05) is 11.6 Å². The number of hydrogen-bond donors (Lipinski definition) is 2. The molecule has 4 heterocycles.